The Bertz CT molecular complexity index is 916. The van der Waals surface area contributed by atoms with E-state index in [1.807, 2.05) is 0 Å². The van der Waals surface area contributed by atoms with Crippen LogP contribution in [0.3, 0.4) is 0 Å². The third kappa shape index (κ3) is 3.36. The van der Waals surface area contributed by atoms with Gasteiger partial charge in [0.1, 0.15) is 5.69 Å². The molecular formula is C21H28F2N4O3. The third-order valence-electron chi connectivity index (χ3n) is 7.47. The average molecular weight is 422 g/mol. The second-order valence-electron chi connectivity index (χ2n) is 9.55. The van der Waals surface area contributed by atoms with Crippen LogP contribution in [-0.2, 0) is 17.8 Å². The Hall–Kier alpha value is -2.19. The first kappa shape index (κ1) is 19.8. The average Bonchev–Trinajstić information content (AvgIpc) is 3.07. The standard InChI is InChI=1S/C21H28F2N4O3/c22-21(23)8-13(9-21)10-24-18(28)14-7-12-4-5-15(14)27(11-12)19(29)17-16-3-1-2-6-26(16)20(30)25-17/h12-15H,1-11H2,(H,24,28)(H,25,30)/t12-,14+,15+/m1/s1. The van der Waals surface area contributed by atoms with Crippen LogP contribution in [-0.4, -0.2) is 51.3 Å². The molecule has 3 aliphatic heterocycles. The van der Waals surface area contributed by atoms with Crippen LogP contribution < -0.4 is 11.0 Å². The van der Waals surface area contributed by atoms with Gasteiger partial charge in [0.15, 0.2) is 0 Å². The van der Waals surface area contributed by atoms with Crippen molar-refractivity contribution in [2.75, 3.05) is 13.1 Å². The molecule has 0 spiro atoms. The van der Waals surface area contributed by atoms with Crippen molar-refractivity contribution >= 4 is 11.8 Å². The first-order chi connectivity index (χ1) is 14.3. The van der Waals surface area contributed by atoms with Gasteiger partial charge in [-0.1, -0.05) is 0 Å². The fourth-order valence-corrected chi connectivity index (χ4v) is 5.90. The zero-order chi connectivity index (χ0) is 21.0. The number of imidazole rings is 1. The Morgan fingerprint density at radius 1 is 1.20 bits per heavy atom. The highest BCUT2D eigenvalue weighted by molar-refractivity contribution is 5.94. The van der Waals surface area contributed by atoms with Gasteiger partial charge in [0.05, 0.1) is 11.6 Å². The molecule has 7 nitrogen and oxygen atoms in total. The molecule has 2 N–H and O–H groups in total. The number of H-pyrrole nitrogens is 1. The quantitative estimate of drug-likeness (QED) is 0.777. The lowest BCUT2D eigenvalue weighted by atomic mass is 9.72. The highest BCUT2D eigenvalue weighted by Gasteiger charge is 2.48. The predicted molar refractivity (Wildman–Crippen MR) is 104 cm³/mol. The Morgan fingerprint density at radius 3 is 2.73 bits per heavy atom. The fourth-order valence-electron chi connectivity index (χ4n) is 5.90. The second kappa shape index (κ2) is 7.20. The topological polar surface area (TPSA) is 87.2 Å². The van der Waals surface area contributed by atoms with Crippen molar-refractivity contribution in [3.63, 3.8) is 0 Å². The number of aromatic nitrogens is 2. The van der Waals surface area contributed by atoms with Gasteiger partial charge in [0.25, 0.3) is 5.91 Å². The summed E-state index contributed by atoms with van der Waals surface area (Å²) in [5.74, 6) is -3.13. The SMILES string of the molecule is O=C(NCC1CC(F)(F)C1)[C@H]1C[C@H]2CC[C@@H]1N(C(=O)c1[nH]c(=O)n3c1CCCC3)C2. The Kier molecular flexibility index (Phi) is 4.74. The van der Waals surface area contributed by atoms with E-state index >= 15 is 0 Å². The predicted octanol–water partition coefficient (Wildman–Crippen LogP) is 1.91. The number of halogens is 2. The highest BCUT2D eigenvalue weighted by atomic mass is 19.3. The number of fused-ring (bicyclic) bond motifs is 4. The first-order valence-electron chi connectivity index (χ1n) is 11.1. The van der Waals surface area contributed by atoms with E-state index in [0.717, 1.165) is 37.8 Å². The molecule has 164 valence electrons. The molecule has 2 aliphatic carbocycles. The summed E-state index contributed by atoms with van der Waals surface area (Å²) in [6.45, 7) is 1.51. The van der Waals surface area contributed by atoms with Crippen LogP contribution in [0.1, 0.15) is 61.1 Å². The van der Waals surface area contributed by atoms with Crippen molar-refractivity contribution in [2.45, 2.75) is 69.9 Å². The van der Waals surface area contributed by atoms with Gasteiger partial charge < -0.3 is 15.2 Å². The summed E-state index contributed by atoms with van der Waals surface area (Å²) in [5, 5.41) is 2.86. The molecule has 2 saturated heterocycles. The van der Waals surface area contributed by atoms with Crippen LogP contribution in [0, 0.1) is 17.8 Å². The van der Waals surface area contributed by atoms with Gasteiger partial charge in [-0.05, 0) is 50.4 Å². The number of rotatable bonds is 4. The number of alkyl halides is 2. The van der Waals surface area contributed by atoms with E-state index in [4.69, 9.17) is 0 Å². The van der Waals surface area contributed by atoms with Crippen molar-refractivity contribution < 1.29 is 18.4 Å². The van der Waals surface area contributed by atoms with E-state index in [1.165, 1.54) is 0 Å². The molecule has 0 radical (unpaired) electrons. The highest BCUT2D eigenvalue weighted by Crippen LogP contribution is 2.43. The van der Waals surface area contributed by atoms with Crippen molar-refractivity contribution in [2.24, 2.45) is 17.8 Å². The number of hydrogen-bond donors (Lipinski definition) is 2. The van der Waals surface area contributed by atoms with Gasteiger partial charge in [-0.2, -0.15) is 0 Å². The molecule has 0 aromatic carbocycles. The number of carbonyl (C=O) groups is 2. The number of hydrogen-bond acceptors (Lipinski definition) is 3. The lowest BCUT2D eigenvalue weighted by molar-refractivity contribution is -0.135. The molecule has 2 bridgehead atoms. The monoisotopic (exact) mass is 422 g/mol. The van der Waals surface area contributed by atoms with Gasteiger partial charge in [0, 0.05) is 38.5 Å². The van der Waals surface area contributed by atoms with E-state index in [-0.39, 0.29) is 60.7 Å². The van der Waals surface area contributed by atoms with E-state index in [1.54, 1.807) is 9.47 Å². The van der Waals surface area contributed by atoms with Crippen molar-refractivity contribution in [3.05, 3.63) is 21.9 Å². The smallest absolute Gasteiger partial charge is 0.326 e. The van der Waals surface area contributed by atoms with Crippen LogP contribution in [0.5, 0.6) is 0 Å². The zero-order valence-corrected chi connectivity index (χ0v) is 17.0. The van der Waals surface area contributed by atoms with Gasteiger partial charge in [0.2, 0.25) is 11.8 Å². The van der Waals surface area contributed by atoms with Crippen LogP contribution in [0.4, 0.5) is 8.78 Å². The number of nitrogens with zero attached hydrogens (tertiary/aromatic N) is 2. The summed E-state index contributed by atoms with van der Waals surface area (Å²) in [6, 6.07) is -0.201. The molecule has 4 fully saturated rings. The fraction of sp³-hybridized carbons (Fsp3) is 0.762. The number of nitrogens with one attached hydrogen (secondary N) is 2. The minimum Gasteiger partial charge on any atom is -0.356 e. The minimum absolute atomic E-state index is 0.134. The van der Waals surface area contributed by atoms with Crippen LogP contribution in [0.25, 0.3) is 0 Å². The third-order valence-corrected chi connectivity index (χ3v) is 7.47. The molecular weight excluding hydrogens is 394 g/mol. The van der Waals surface area contributed by atoms with Crippen LogP contribution >= 0.6 is 0 Å². The van der Waals surface area contributed by atoms with Crippen molar-refractivity contribution in [3.8, 4) is 0 Å². The van der Waals surface area contributed by atoms with E-state index < -0.39 is 5.92 Å². The zero-order valence-electron chi connectivity index (χ0n) is 17.0. The number of aromatic amines is 1. The van der Waals surface area contributed by atoms with Gasteiger partial charge >= 0.3 is 5.69 Å². The Morgan fingerprint density at radius 2 is 2.00 bits per heavy atom. The molecule has 1 aromatic rings. The molecule has 6 rings (SSSR count). The molecule has 5 aliphatic rings. The molecule has 2 saturated carbocycles. The summed E-state index contributed by atoms with van der Waals surface area (Å²) >= 11 is 0. The van der Waals surface area contributed by atoms with E-state index in [9.17, 15) is 23.2 Å². The molecule has 2 amide bonds. The summed E-state index contributed by atoms with van der Waals surface area (Å²) in [5.41, 5.74) is 0.925. The molecule has 9 heteroatoms. The van der Waals surface area contributed by atoms with E-state index in [2.05, 4.69) is 10.3 Å². The lowest BCUT2D eigenvalue weighted by Crippen LogP contribution is -2.59. The van der Waals surface area contributed by atoms with Gasteiger partial charge in [-0.25, -0.2) is 13.6 Å². The van der Waals surface area contributed by atoms with Gasteiger partial charge in [-0.3, -0.25) is 14.2 Å². The van der Waals surface area contributed by atoms with Crippen molar-refractivity contribution in [1.82, 2.24) is 19.8 Å². The normalized spacial score (nSPS) is 29.9. The number of amides is 2. The maximum Gasteiger partial charge on any atom is 0.326 e. The summed E-state index contributed by atoms with van der Waals surface area (Å²) in [6.07, 6.45) is 4.73. The molecule has 1 aromatic heterocycles. The largest absolute Gasteiger partial charge is 0.356 e. The summed E-state index contributed by atoms with van der Waals surface area (Å²) in [4.78, 5) is 43.0. The first-order valence-corrected chi connectivity index (χ1v) is 11.1. The van der Waals surface area contributed by atoms with Crippen LogP contribution in [0.15, 0.2) is 4.79 Å². The maximum absolute atomic E-state index is 13.4. The van der Waals surface area contributed by atoms with Crippen molar-refractivity contribution in [1.29, 1.82) is 0 Å². The van der Waals surface area contributed by atoms with Gasteiger partial charge in [-0.15, -0.1) is 0 Å². The molecule has 0 unspecified atom stereocenters. The number of carbonyl (C=O) groups excluding carboxylic acids is 2. The maximum atomic E-state index is 13.4. The molecule has 3 atom stereocenters. The van der Waals surface area contributed by atoms with Crippen LogP contribution in [0.2, 0.25) is 0 Å². The van der Waals surface area contributed by atoms with E-state index in [0.29, 0.717) is 25.2 Å². The Balaban J connectivity index is 1.29. The summed E-state index contributed by atoms with van der Waals surface area (Å²) in [7, 11) is 0. The lowest BCUT2D eigenvalue weighted by Gasteiger charge is -2.49. The molecule has 30 heavy (non-hydrogen) atoms. The summed E-state index contributed by atoms with van der Waals surface area (Å²) < 4.78 is 27.7. The second-order valence-corrected chi connectivity index (χ2v) is 9.55. The Labute approximate surface area is 173 Å². The minimum atomic E-state index is -2.59. The number of piperidine rings is 2. The molecule has 4 heterocycles.